The molecule has 2 aliphatic heterocycles. The Hall–Kier alpha value is -3.13. The van der Waals surface area contributed by atoms with E-state index < -0.39 is 0 Å². The van der Waals surface area contributed by atoms with E-state index in [9.17, 15) is 19.6 Å². The molecule has 1 aromatic heterocycles. The van der Waals surface area contributed by atoms with Crippen LogP contribution in [0, 0.1) is 24.2 Å². The minimum atomic E-state index is -0.354. The number of ether oxygens (including phenoxy) is 1. The molecule has 0 radical (unpaired) electrons. The number of piperidine rings is 1. The van der Waals surface area contributed by atoms with E-state index in [2.05, 4.69) is 11.0 Å². The Morgan fingerprint density at radius 1 is 1.25 bits per heavy atom. The maximum Gasteiger partial charge on any atom is 0.309 e. The van der Waals surface area contributed by atoms with E-state index >= 15 is 0 Å². The van der Waals surface area contributed by atoms with E-state index in [1.807, 2.05) is 25.1 Å². The first-order valence-corrected chi connectivity index (χ1v) is 14.9. The number of benzene rings is 1. The van der Waals surface area contributed by atoms with Gasteiger partial charge < -0.3 is 9.64 Å². The molecular formula is C29H31ClN4O4S2. The molecule has 0 spiro atoms. The lowest BCUT2D eigenvalue weighted by Crippen LogP contribution is -2.41. The fourth-order valence-electron chi connectivity index (χ4n) is 5.07. The van der Waals surface area contributed by atoms with Crippen LogP contribution in [0.5, 0.6) is 0 Å². The Morgan fingerprint density at radius 3 is 2.58 bits per heavy atom. The van der Waals surface area contributed by atoms with E-state index in [0.717, 1.165) is 5.56 Å². The van der Waals surface area contributed by atoms with Crippen molar-refractivity contribution in [2.75, 3.05) is 24.6 Å². The first-order chi connectivity index (χ1) is 19.2. The lowest BCUT2D eigenvalue weighted by atomic mass is 9.95. The zero-order chi connectivity index (χ0) is 29.0. The number of carbonyl (C=O) groups is 2. The number of pyridine rings is 1. The van der Waals surface area contributed by atoms with Crippen molar-refractivity contribution < 1.29 is 14.3 Å². The van der Waals surface area contributed by atoms with E-state index in [1.54, 1.807) is 30.6 Å². The molecule has 2 aromatic rings. The van der Waals surface area contributed by atoms with Crippen molar-refractivity contribution in [1.82, 2.24) is 9.47 Å². The number of rotatable bonds is 8. The molecule has 0 N–H and O–H groups in total. The molecule has 2 fully saturated rings. The van der Waals surface area contributed by atoms with Crippen LogP contribution in [-0.4, -0.2) is 45.4 Å². The van der Waals surface area contributed by atoms with Crippen molar-refractivity contribution >= 4 is 63.7 Å². The Balaban J connectivity index is 1.76. The van der Waals surface area contributed by atoms with Gasteiger partial charge in [-0.25, -0.2) is 0 Å². The number of nitrogens with zero attached hydrogens (tertiary/aromatic N) is 4. The van der Waals surface area contributed by atoms with E-state index in [-0.39, 0.29) is 35.5 Å². The summed E-state index contributed by atoms with van der Waals surface area (Å²) in [7, 11) is 0. The second kappa shape index (κ2) is 13.0. The predicted molar refractivity (Wildman–Crippen MR) is 162 cm³/mol. The number of anilines is 1. The Morgan fingerprint density at radius 2 is 1.95 bits per heavy atom. The van der Waals surface area contributed by atoms with Gasteiger partial charge in [0.05, 0.1) is 24.0 Å². The first-order valence-electron chi connectivity index (χ1n) is 13.3. The highest BCUT2D eigenvalue weighted by Crippen LogP contribution is 2.38. The summed E-state index contributed by atoms with van der Waals surface area (Å²) >= 11 is 13.1. The summed E-state index contributed by atoms with van der Waals surface area (Å²) in [5, 5.41) is 10.4. The second-order valence-electron chi connectivity index (χ2n) is 9.68. The number of esters is 1. The molecule has 0 bridgehead atoms. The van der Waals surface area contributed by atoms with Gasteiger partial charge in [-0.2, -0.15) is 5.26 Å². The Kier molecular flexibility index (Phi) is 9.72. The third-order valence-electron chi connectivity index (χ3n) is 7.14. The molecule has 8 nitrogen and oxygen atoms in total. The summed E-state index contributed by atoms with van der Waals surface area (Å²) in [5.74, 6) is -0.00636. The lowest BCUT2D eigenvalue weighted by molar-refractivity contribution is -0.148. The molecule has 2 aliphatic rings. The normalized spacial score (nSPS) is 17.0. The van der Waals surface area contributed by atoms with Crippen molar-refractivity contribution in [3.63, 3.8) is 0 Å². The third kappa shape index (κ3) is 5.97. The number of hydrogen-bond donors (Lipinski definition) is 0. The average Bonchev–Trinajstić information content (AvgIpc) is 3.20. The van der Waals surface area contributed by atoms with Gasteiger partial charge in [-0.1, -0.05) is 60.7 Å². The van der Waals surface area contributed by atoms with E-state index in [0.29, 0.717) is 76.7 Å². The molecule has 3 heterocycles. The molecule has 1 amide bonds. The zero-order valence-electron chi connectivity index (χ0n) is 22.7. The van der Waals surface area contributed by atoms with Crippen LogP contribution >= 0.6 is 35.6 Å². The molecule has 210 valence electrons. The molecule has 0 unspecified atom stereocenters. The maximum absolute atomic E-state index is 13.6. The van der Waals surface area contributed by atoms with Crippen LogP contribution in [-0.2, 0) is 27.4 Å². The Labute approximate surface area is 248 Å². The number of carbonyl (C=O) groups excluding carboxylic acids is 2. The van der Waals surface area contributed by atoms with Gasteiger partial charge in [0.25, 0.3) is 11.5 Å². The largest absolute Gasteiger partial charge is 0.466 e. The van der Waals surface area contributed by atoms with Gasteiger partial charge in [0.1, 0.15) is 21.8 Å². The van der Waals surface area contributed by atoms with E-state index in [4.69, 9.17) is 28.6 Å². The molecule has 1 aromatic carbocycles. The lowest BCUT2D eigenvalue weighted by Gasteiger charge is -2.35. The van der Waals surface area contributed by atoms with Crippen LogP contribution in [0.4, 0.5) is 5.82 Å². The summed E-state index contributed by atoms with van der Waals surface area (Å²) in [4.78, 5) is 43.3. The summed E-state index contributed by atoms with van der Waals surface area (Å²) in [5.41, 5.74) is 1.63. The second-order valence-corrected chi connectivity index (χ2v) is 11.8. The number of nitriles is 1. The summed E-state index contributed by atoms with van der Waals surface area (Å²) in [6.07, 6.45) is 3.59. The minimum Gasteiger partial charge on any atom is -0.466 e. The molecule has 4 rings (SSSR count). The molecule has 40 heavy (non-hydrogen) atoms. The van der Waals surface area contributed by atoms with Crippen molar-refractivity contribution in [1.29, 1.82) is 5.26 Å². The Bertz CT molecular complexity index is 1470. The van der Waals surface area contributed by atoms with Crippen molar-refractivity contribution in [3.05, 3.63) is 66.8 Å². The number of thiocarbonyl (C=S) groups is 1. The monoisotopic (exact) mass is 598 g/mol. The van der Waals surface area contributed by atoms with Gasteiger partial charge in [-0.05, 0) is 56.4 Å². The van der Waals surface area contributed by atoms with Crippen LogP contribution in [0.1, 0.15) is 55.4 Å². The number of halogens is 1. The van der Waals surface area contributed by atoms with Crippen LogP contribution in [0.2, 0.25) is 5.02 Å². The molecule has 2 saturated heterocycles. The standard InChI is InChI=1S/C29H31ClN4O4S2/c1-4-12-33-25(32-13-10-19(11-14-32)28(37)38-5-2)21(18(3)22(16-31)26(33)35)15-24-27(36)34(29(39)40-24)17-20-8-6-7-9-23(20)30/h6-9,15,19H,4-5,10-14,17H2,1-3H3/b24-15+. The predicted octanol–water partition coefficient (Wildman–Crippen LogP) is 5.27. The topological polar surface area (TPSA) is 95.6 Å². The highest BCUT2D eigenvalue weighted by molar-refractivity contribution is 8.26. The number of hydrogen-bond acceptors (Lipinski definition) is 8. The van der Waals surface area contributed by atoms with Crippen molar-refractivity contribution in [3.8, 4) is 6.07 Å². The van der Waals surface area contributed by atoms with Gasteiger partial charge in [0.15, 0.2) is 0 Å². The molecule has 0 atom stereocenters. The van der Waals surface area contributed by atoms with Gasteiger partial charge in [0.2, 0.25) is 0 Å². The van der Waals surface area contributed by atoms with Crippen LogP contribution in [0.3, 0.4) is 0 Å². The summed E-state index contributed by atoms with van der Waals surface area (Å²) < 4.78 is 7.27. The number of aromatic nitrogens is 1. The van der Waals surface area contributed by atoms with Gasteiger partial charge in [-0.15, -0.1) is 0 Å². The first kappa shape index (κ1) is 29.8. The SMILES string of the molecule is CCCn1c(N2CCC(C(=O)OCC)CC2)c(/C=C2/SC(=S)N(Cc3ccccc3Cl)C2=O)c(C)c(C#N)c1=O. The smallest absolute Gasteiger partial charge is 0.309 e. The fraction of sp³-hybridized carbons (Fsp3) is 0.414. The highest BCUT2D eigenvalue weighted by Gasteiger charge is 2.34. The number of thioether (sulfide) groups is 1. The quantitative estimate of drug-likeness (QED) is 0.230. The van der Waals surface area contributed by atoms with Crippen LogP contribution in [0.25, 0.3) is 6.08 Å². The summed E-state index contributed by atoms with van der Waals surface area (Å²) in [6, 6.07) is 9.38. The van der Waals surface area contributed by atoms with Gasteiger partial charge >= 0.3 is 5.97 Å². The molecule has 0 aliphatic carbocycles. The van der Waals surface area contributed by atoms with Crippen LogP contribution < -0.4 is 10.5 Å². The van der Waals surface area contributed by atoms with Crippen molar-refractivity contribution in [2.24, 2.45) is 5.92 Å². The van der Waals surface area contributed by atoms with Gasteiger partial charge in [-0.3, -0.25) is 23.9 Å². The highest BCUT2D eigenvalue weighted by atomic mass is 35.5. The van der Waals surface area contributed by atoms with E-state index in [1.165, 1.54) is 16.7 Å². The maximum atomic E-state index is 13.6. The molecule has 0 saturated carbocycles. The minimum absolute atomic E-state index is 0.0522. The third-order valence-corrected chi connectivity index (χ3v) is 8.89. The molecular weight excluding hydrogens is 568 g/mol. The molecule has 11 heteroatoms. The average molecular weight is 599 g/mol. The van der Waals surface area contributed by atoms with Gasteiger partial charge in [0, 0.05) is 30.2 Å². The van der Waals surface area contributed by atoms with Crippen molar-refractivity contribution in [2.45, 2.75) is 53.1 Å². The fourth-order valence-corrected chi connectivity index (χ4v) is 6.50. The number of amides is 1. The zero-order valence-corrected chi connectivity index (χ0v) is 25.1. The van der Waals surface area contributed by atoms with Crippen LogP contribution in [0.15, 0.2) is 34.0 Å². The summed E-state index contributed by atoms with van der Waals surface area (Å²) in [6.45, 7) is 7.56.